The van der Waals surface area contributed by atoms with E-state index >= 15 is 0 Å². The molecule has 2 aliphatic rings. The van der Waals surface area contributed by atoms with Crippen molar-refractivity contribution >= 4 is 28.3 Å². The lowest BCUT2D eigenvalue weighted by atomic mass is 9.85. The predicted octanol–water partition coefficient (Wildman–Crippen LogP) is 4.22. The van der Waals surface area contributed by atoms with Gasteiger partial charge in [0.15, 0.2) is 5.13 Å². The van der Waals surface area contributed by atoms with Gasteiger partial charge < -0.3 is 10.2 Å². The number of carbonyl (C=O) groups excluding carboxylic acids is 2. The maximum absolute atomic E-state index is 12.8. The third-order valence-electron chi connectivity index (χ3n) is 6.00. The number of benzene rings is 1. The first-order valence-electron chi connectivity index (χ1n) is 9.58. The molecule has 0 unspecified atom stereocenters. The number of amides is 2. The van der Waals surface area contributed by atoms with Crippen molar-refractivity contribution in [1.29, 1.82) is 0 Å². The van der Waals surface area contributed by atoms with Crippen LogP contribution in [0.25, 0.3) is 0 Å². The second kappa shape index (κ2) is 7.08. The smallest absolute Gasteiger partial charge is 0.254 e. The van der Waals surface area contributed by atoms with Crippen LogP contribution in [0, 0.1) is 26.7 Å². The number of carbonyl (C=O) groups is 2. The molecule has 6 heteroatoms. The van der Waals surface area contributed by atoms with Gasteiger partial charge in [0.1, 0.15) is 0 Å². The second-order valence-corrected chi connectivity index (χ2v) is 8.89. The number of thiazole rings is 1. The average molecular weight is 384 g/mol. The van der Waals surface area contributed by atoms with E-state index < -0.39 is 0 Å². The average Bonchev–Trinajstić information content (AvgIpc) is 3.15. The molecule has 1 aromatic carbocycles. The molecular formula is C21H25N3O2S. The van der Waals surface area contributed by atoms with E-state index in [0.717, 1.165) is 47.4 Å². The van der Waals surface area contributed by atoms with Crippen LogP contribution in [0.4, 0.5) is 5.13 Å². The number of anilines is 1. The third kappa shape index (κ3) is 3.38. The lowest BCUT2D eigenvalue weighted by molar-refractivity contribution is -0.121. The van der Waals surface area contributed by atoms with Crippen LogP contribution in [0.3, 0.4) is 0 Å². The van der Waals surface area contributed by atoms with Crippen LogP contribution in [-0.4, -0.2) is 27.7 Å². The Hall–Kier alpha value is -2.21. The monoisotopic (exact) mass is 383 g/mol. The van der Waals surface area contributed by atoms with Gasteiger partial charge in [0.05, 0.1) is 5.69 Å². The van der Waals surface area contributed by atoms with Gasteiger partial charge in [0.25, 0.3) is 5.91 Å². The van der Waals surface area contributed by atoms with E-state index in [9.17, 15) is 9.59 Å². The van der Waals surface area contributed by atoms with Crippen LogP contribution in [0.15, 0.2) is 18.2 Å². The molecule has 0 bridgehead atoms. The van der Waals surface area contributed by atoms with E-state index in [4.69, 9.17) is 0 Å². The summed E-state index contributed by atoms with van der Waals surface area (Å²) in [6.07, 6.45) is 3.40. The summed E-state index contributed by atoms with van der Waals surface area (Å²) in [6.45, 7) is 6.75. The lowest BCUT2D eigenvalue weighted by Gasteiger charge is -2.34. The number of nitrogens with zero attached hydrogens (tertiary/aromatic N) is 2. The van der Waals surface area contributed by atoms with Gasteiger partial charge in [-0.25, -0.2) is 4.98 Å². The van der Waals surface area contributed by atoms with Crippen molar-refractivity contribution in [3.05, 3.63) is 45.5 Å². The lowest BCUT2D eigenvalue weighted by Crippen LogP contribution is -2.40. The van der Waals surface area contributed by atoms with Crippen LogP contribution < -0.4 is 5.32 Å². The Morgan fingerprint density at radius 1 is 1.19 bits per heavy atom. The fourth-order valence-corrected chi connectivity index (χ4v) is 5.01. The number of fused-ring (bicyclic) bond motifs is 1. The van der Waals surface area contributed by atoms with Crippen LogP contribution in [0.2, 0.25) is 0 Å². The highest BCUT2D eigenvalue weighted by Gasteiger charge is 2.36. The summed E-state index contributed by atoms with van der Waals surface area (Å²) in [5, 5.41) is 3.67. The van der Waals surface area contributed by atoms with Gasteiger partial charge in [-0.05, 0) is 63.6 Å². The molecule has 0 spiro atoms. The highest BCUT2D eigenvalue weighted by atomic mass is 32.1. The second-order valence-electron chi connectivity index (χ2n) is 7.69. The Kier molecular flexibility index (Phi) is 4.76. The maximum Gasteiger partial charge on any atom is 0.254 e. The molecule has 1 aromatic heterocycles. The van der Waals surface area contributed by atoms with E-state index in [0.29, 0.717) is 11.7 Å². The standard InChI is InChI=1S/C21H25N3O2S/c1-12-5-4-6-17-18(12)11-24(20(17)26)16-9-7-15(8-10-16)19(25)23-21-22-13(2)14(3)27-21/h4-6,15-16H,7-11H2,1-3H3,(H,22,23,25). The Bertz CT molecular complexity index is 877. The van der Waals surface area contributed by atoms with Gasteiger partial charge >= 0.3 is 0 Å². The minimum atomic E-state index is 0.00702. The summed E-state index contributed by atoms with van der Waals surface area (Å²) < 4.78 is 0. The molecule has 1 saturated carbocycles. The summed E-state index contributed by atoms with van der Waals surface area (Å²) in [6, 6.07) is 6.19. The summed E-state index contributed by atoms with van der Waals surface area (Å²) in [5.74, 6) is 0.219. The van der Waals surface area contributed by atoms with Crippen molar-refractivity contribution < 1.29 is 9.59 Å². The fraction of sp³-hybridized carbons (Fsp3) is 0.476. The van der Waals surface area contributed by atoms with Crippen molar-refractivity contribution in [3.8, 4) is 0 Å². The zero-order valence-electron chi connectivity index (χ0n) is 16.0. The first kappa shape index (κ1) is 18.2. The Balaban J connectivity index is 1.36. The van der Waals surface area contributed by atoms with Crippen molar-refractivity contribution in [1.82, 2.24) is 9.88 Å². The number of nitrogens with one attached hydrogen (secondary N) is 1. The van der Waals surface area contributed by atoms with Crippen LogP contribution >= 0.6 is 11.3 Å². The molecule has 5 nitrogen and oxygen atoms in total. The van der Waals surface area contributed by atoms with Gasteiger partial charge in [-0.15, -0.1) is 11.3 Å². The zero-order chi connectivity index (χ0) is 19.1. The number of aromatic nitrogens is 1. The van der Waals surface area contributed by atoms with E-state index in [2.05, 4.69) is 23.3 Å². The van der Waals surface area contributed by atoms with E-state index in [1.165, 1.54) is 16.9 Å². The summed E-state index contributed by atoms with van der Waals surface area (Å²) in [4.78, 5) is 32.9. The molecule has 2 aromatic rings. The third-order valence-corrected chi connectivity index (χ3v) is 6.99. The number of hydrogen-bond acceptors (Lipinski definition) is 4. The highest BCUT2D eigenvalue weighted by molar-refractivity contribution is 7.15. The van der Waals surface area contributed by atoms with E-state index in [1.54, 1.807) is 0 Å². The number of aryl methyl sites for hydroxylation is 3. The predicted molar refractivity (Wildman–Crippen MR) is 107 cm³/mol. The quantitative estimate of drug-likeness (QED) is 0.863. The molecule has 1 fully saturated rings. The number of hydrogen-bond donors (Lipinski definition) is 1. The minimum Gasteiger partial charge on any atom is -0.331 e. The van der Waals surface area contributed by atoms with E-state index in [1.807, 2.05) is 30.9 Å². The Morgan fingerprint density at radius 3 is 2.56 bits per heavy atom. The topological polar surface area (TPSA) is 62.3 Å². The largest absolute Gasteiger partial charge is 0.331 e. The van der Waals surface area contributed by atoms with Crippen LogP contribution in [0.5, 0.6) is 0 Å². The van der Waals surface area contributed by atoms with Gasteiger partial charge in [-0.2, -0.15) is 0 Å². The molecule has 1 aliphatic heterocycles. The molecule has 1 aliphatic carbocycles. The summed E-state index contributed by atoms with van der Waals surface area (Å²) in [5.41, 5.74) is 4.17. The summed E-state index contributed by atoms with van der Waals surface area (Å²) >= 11 is 1.53. The van der Waals surface area contributed by atoms with Crippen LogP contribution in [0.1, 0.15) is 57.7 Å². The first-order chi connectivity index (χ1) is 12.9. The molecular weight excluding hydrogens is 358 g/mol. The molecule has 0 saturated heterocycles. The normalized spacial score (nSPS) is 22.0. The molecule has 2 heterocycles. The molecule has 0 atom stereocenters. The zero-order valence-corrected chi connectivity index (χ0v) is 16.9. The van der Waals surface area contributed by atoms with Gasteiger partial charge in [-0.1, -0.05) is 12.1 Å². The van der Waals surface area contributed by atoms with Crippen molar-refractivity contribution in [3.63, 3.8) is 0 Å². The molecule has 2 amide bonds. The molecule has 4 rings (SSSR count). The molecule has 1 N–H and O–H groups in total. The van der Waals surface area contributed by atoms with Crippen LogP contribution in [-0.2, 0) is 11.3 Å². The van der Waals surface area contributed by atoms with Gasteiger partial charge in [0, 0.05) is 28.9 Å². The fourth-order valence-electron chi connectivity index (χ4n) is 4.19. The first-order valence-corrected chi connectivity index (χ1v) is 10.4. The molecule has 27 heavy (non-hydrogen) atoms. The summed E-state index contributed by atoms with van der Waals surface area (Å²) in [7, 11) is 0. The van der Waals surface area contributed by atoms with Crippen molar-refractivity contribution in [2.75, 3.05) is 5.32 Å². The van der Waals surface area contributed by atoms with Gasteiger partial charge in [0.2, 0.25) is 5.91 Å². The van der Waals surface area contributed by atoms with Crippen molar-refractivity contribution in [2.24, 2.45) is 5.92 Å². The maximum atomic E-state index is 12.8. The highest BCUT2D eigenvalue weighted by Crippen LogP contribution is 2.34. The molecule has 0 radical (unpaired) electrons. The minimum absolute atomic E-state index is 0.00702. The SMILES string of the molecule is Cc1cccc2c1CN(C1CCC(C(=O)Nc3nc(C)c(C)s3)CC1)C2=O. The number of rotatable bonds is 3. The molecule has 142 valence electrons. The van der Waals surface area contributed by atoms with Gasteiger partial charge in [-0.3, -0.25) is 9.59 Å². The van der Waals surface area contributed by atoms with E-state index in [-0.39, 0.29) is 23.8 Å². The Morgan fingerprint density at radius 2 is 1.93 bits per heavy atom. The van der Waals surface area contributed by atoms with Crippen molar-refractivity contribution in [2.45, 2.75) is 59.0 Å². The Labute approximate surface area is 163 Å².